The minimum absolute atomic E-state index is 0.0202. The van der Waals surface area contributed by atoms with Crippen LogP contribution in [0.5, 0.6) is 0 Å². The Bertz CT molecular complexity index is 589. The number of aryl methyl sites for hydroxylation is 1. The maximum absolute atomic E-state index is 13.2. The molecule has 1 unspecified atom stereocenters. The van der Waals surface area contributed by atoms with Crippen molar-refractivity contribution in [3.05, 3.63) is 29.6 Å². The minimum Gasteiger partial charge on any atom is -0.315 e. The molecule has 1 saturated heterocycles. The second kappa shape index (κ2) is 6.85. The molecule has 4 nitrogen and oxygen atoms in total. The summed E-state index contributed by atoms with van der Waals surface area (Å²) in [6, 6.07) is 3.84. The molecule has 6 heteroatoms. The second-order valence-electron chi connectivity index (χ2n) is 5.48. The molecule has 2 rings (SSSR count). The second-order valence-corrected chi connectivity index (χ2v) is 7.34. The number of benzene rings is 1. The number of nitrogens with one attached hydrogen (secondary N) is 1. The fourth-order valence-corrected chi connectivity index (χ4v) is 4.73. The summed E-state index contributed by atoms with van der Waals surface area (Å²) in [5, 5.41) is 3.23. The van der Waals surface area contributed by atoms with E-state index in [1.165, 1.54) is 18.2 Å². The molecule has 0 saturated carbocycles. The van der Waals surface area contributed by atoms with Crippen LogP contribution in [0.25, 0.3) is 0 Å². The first kappa shape index (κ1) is 16.4. The molecule has 21 heavy (non-hydrogen) atoms. The zero-order chi connectivity index (χ0) is 15.5. The molecule has 0 spiro atoms. The van der Waals surface area contributed by atoms with Gasteiger partial charge in [-0.3, -0.25) is 0 Å². The van der Waals surface area contributed by atoms with Gasteiger partial charge in [-0.15, -0.1) is 0 Å². The number of sulfonamides is 1. The van der Waals surface area contributed by atoms with E-state index in [1.807, 2.05) is 6.92 Å². The Morgan fingerprint density at radius 3 is 2.81 bits per heavy atom. The molecule has 1 heterocycles. The summed E-state index contributed by atoms with van der Waals surface area (Å²) >= 11 is 0. The van der Waals surface area contributed by atoms with Crippen LogP contribution in [0.4, 0.5) is 4.39 Å². The molecule has 1 N–H and O–H groups in total. The van der Waals surface area contributed by atoms with Crippen molar-refractivity contribution in [1.29, 1.82) is 0 Å². The average Bonchev–Trinajstić information content (AvgIpc) is 2.45. The topological polar surface area (TPSA) is 49.4 Å². The Balaban J connectivity index is 2.31. The van der Waals surface area contributed by atoms with Crippen LogP contribution in [0, 0.1) is 12.7 Å². The molecular weight excluding hydrogens is 291 g/mol. The largest absolute Gasteiger partial charge is 0.315 e. The lowest BCUT2D eigenvalue weighted by Gasteiger charge is -2.35. The molecule has 0 aromatic heterocycles. The van der Waals surface area contributed by atoms with E-state index < -0.39 is 15.8 Å². The zero-order valence-corrected chi connectivity index (χ0v) is 13.4. The molecule has 0 aliphatic carbocycles. The third-order valence-electron chi connectivity index (χ3n) is 3.93. The van der Waals surface area contributed by atoms with E-state index in [4.69, 9.17) is 0 Å². The molecule has 1 fully saturated rings. The quantitative estimate of drug-likeness (QED) is 0.907. The molecular formula is C15H23FN2O2S. The average molecular weight is 314 g/mol. The van der Waals surface area contributed by atoms with Gasteiger partial charge in [-0.1, -0.05) is 13.3 Å². The van der Waals surface area contributed by atoms with E-state index in [0.29, 0.717) is 18.7 Å². The van der Waals surface area contributed by atoms with Gasteiger partial charge in [0.05, 0.1) is 4.90 Å². The van der Waals surface area contributed by atoms with Crippen molar-refractivity contribution in [2.75, 3.05) is 19.6 Å². The fourth-order valence-electron chi connectivity index (χ4n) is 2.83. The van der Waals surface area contributed by atoms with Crippen molar-refractivity contribution < 1.29 is 12.8 Å². The molecule has 1 aliphatic rings. The predicted octanol–water partition coefficient (Wildman–Crippen LogP) is 2.29. The smallest absolute Gasteiger partial charge is 0.243 e. The van der Waals surface area contributed by atoms with Crippen LogP contribution in [0.2, 0.25) is 0 Å². The van der Waals surface area contributed by atoms with Crippen molar-refractivity contribution in [1.82, 2.24) is 9.62 Å². The summed E-state index contributed by atoms with van der Waals surface area (Å²) in [5.41, 5.74) is 0.461. The van der Waals surface area contributed by atoms with Gasteiger partial charge in [0.1, 0.15) is 5.82 Å². The summed E-state index contributed by atoms with van der Waals surface area (Å²) in [7, 11) is -3.56. The Morgan fingerprint density at radius 1 is 1.38 bits per heavy atom. The van der Waals surface area contributed by atoms with Gasteiger partial charge in [0.25, 0.3) is 0 Å². The molecule has 118 valence electrons. The van der Waals surface area contributed by atoms with E-state index >= 15 is 0 Å². The lowest BCUT2D eigenvalue weighted by atomic mass is 10.1. The van der Waals surface area contributed by atoms with Gasteiger partial charge in [-0.25, -0.2) is 12.8 Å². The zero-order valence-electron chi connectivity index (χ0n) is 12.6. The first-order chi connectivity index (χ1) is 9.96. The Morgan fingerprint density at radius 2 is 2.14 bits per heavy atom. The van der Waals surface area contributed by atoms with Gasteiger partial charge >= 0.3 is 0 Å². The fraction of sp³-hybridized carbons (Fsp3) is 0.600. The monoisotopic (exact) mass is 314 g/mol. The van der Waals surface area contributed by atoms with E-state index in [9.17, 15) is 12.8 Å². The summed E-state index contributed by atoms with van der Waals surface area (Å²) in [6.45, 7) is 5.66. The van der Waals surface area contributed by atoms with Crippen LogP contribution in [0.15, 0.2) is 23.1 Å². The number of hydrogen-bond acceptors (Lipinski definition) is 3. The number of nitrogens with zero attached hydrogens (tertiary/aromatic N) is 1. The number of halogens is 1. The van der Waals surface area contributed by atoms with Crippen molar-refractivity contribution in [3.63, 3.8) is 0 Å². The number of piperidine rings is 1. The van der Waals surface area contributed by atoms with Crippen LogP contribution in [-0.2, 0) is 10.0 Å². The van der Waals surface area contributed by atoms with Crippen LogP contribution >= 0.6 is 0 Å². The van der Waals surface area contributed by atoms with Crippen molar-refractivity contribution in [3.8, 4) is 0 Å². The van der Waals surface area contributed by atoms with Gasteiger partial charge in [-0.05, 0) is 50.1 Å². The van der Waals surface area contributed by atoms with E-state index in [-0.39, 0.29) is 10.9 Å². The molecule has 1 aromatic carbocycles. The number of rotatable bonds is 5. The summed E-state index contributed by atoms with van der Waals surface area (Å²) in [5.74, 6) is -0.408. The highest BCUT2D eigenvalue weighted by Gasteiger charge is 2.33. The molecule has 1 atom stereocenters. The van der Waals surface area contributed by atoms with Crippen LogP contribution in [0.1, 0.15) is 31.7 Å². The lowest BCUT2D eigenvalue weighted by molar-refractivity contribution is 0.246. The first-order valence-electron chi connectivity index (χ1n) is 7.45. The van der Waals surface area contributed by atoms with Gasteiger partial charge in [0.15, 0.2) is 0 Å². The van der Waals surface area contributed by atoms with Gasteiger partial charge in [-0.2, -0.15) is 4.31 Å². The molecule has 0 radical (unpaired) electrons. The van der Waals surface area contributed by atoms with Gasteiger partial charge in [0, 0.05) is 19.1 Å². The van der Waals surface area contributed by atoms with Crippen molar-refractivity contribution in [2.45, 2.75) is 44.0 Å². The predicted molar refractivity (Wildman–Crippen MR) is 81.2 cm³/mol. The van der Waals surface area contributed by atoms with Crippen LogP contribution in [0.3, 0.4) is 0 Å². The Hall–Kier alpha value is -0.980. The molecule has 1 aliphatic heterocycles. The van der Waals surface area contributed by atoms with E-state index in [2.05, 4.69) is 5.32 Å². The first-order valence-corrected chi connectivity index (χ1v) is 8.89. The highest BCUT2D eigenvalue weighted by molar-refractivity contribution is 7.89. The van der Waals surface area contributed by atoms with E-state index in [0.717, 1.165) is 25.8 Å². The minimum atomic E-state index is -3.56. The highest BCUT2D eigenvalue weighted by Crippen LogP contribution is 2.27. The maximum Gasteiger partial charge on any atom is 0.243 e. The molecule has 0 amide bonds. The SMILES string of the molecule is CCNCC1CCCCN1S(=O)(=O)c1ccc(F)cc1C. The van der Waals surface area contributed by atoms with Gasteiger partial charge < -0.3 is 5.32 Å². The summed E-state index contributed by atoms with van der Waals surface area (Å²) in [6.07, 6.45) is 2.79. The van der Waals surface area contributed by atoms with Crippen LogP contribution in [-0.4, -0.2) is 38.4 Å². The summed E-state index contributed by atoms with van der Waals surface area (Å²) < 4.78 is 40.5. The Kier molecular flexibility index (Phi) is 5.35. The highest BCUT2D eigenvalue weighted by atomic mass is 32.2. The maximum atomic E-state index is 13.2. The van der Waals surface area contributed by atoms with E-state index in [1.54, 1.807) is 11.2 Å². The Labute approximate surface area is 126 Å². The third-order valence-corrected chi connectivity index (χ3v) is 6.04. The normalized spacial score (nSPS) is 20.6. The molecule has 0 bridgehead atoms. The number of hydrogen-bond donors (Lipinski definition) is 1. The van der Waals surface area contributed by atoms with Crippen LogP contribution < -0.4 is 5.32 Å². The standard InChI is InChI=1S/C15H23FN2O2S/c1-3-17-11-14-6-4-5-9-18(14)21(19,20)15-8-7-13(16)10-12(15)2/h7-8,10,14,17H,3-6,9,11H2,1-2H3. The molecule has 1 aromatic rings. The third kappa shape index (κ3) is 3.62. The lowest BCUT2D eigenvalue weighted by Crippen LogP contribution is -2.48. The number of likely N-dealkylation sites (N-methyl/N-ethyl adjacent to an activating group) is 1. The summed E-state index contributed by atoms with van der Waals surface area (Å²) in [4.78, 5) is 0.215. The van der Waals surface area contributed by atoms with Gasteiger partial charge in [0.2, 0.25) is 10.0 Å². The van der Waals surface area contributed by atoms with Crippen molar-refractivity contribution >= 4 is 10.0 Å². The van der Waals surface area contributed by atoms with Crippen molar-refractivity contribution in [2.24, 2.45) is 0 Å².